The van der Waals surface area contributed by atoms with E-state index in [-0.39, 0.29) is 6.42 Å². The van der Waals surface area contributed by atoms with Gasteiger partial charge in [0.2, 0.25) is 0 Å². The third-order valence-corrected chi connectivity index (χ3v) is 4.05. The van der Waals surface area contributed by atoms with Gasteiger partial charge >= 0.3 is 5.97 Å². The summed E-state index contributed by atoms with van der Waals surface area (Å²) < 4.78 is 1.87. The number of aromatic nitrogens is 2. The van der Waals surface area contributed by atoms with Crippen molar-refractivity contribution < 1.29 is 9.90 Å². The second-order valence-electron chi connectivity index (χ2n) is 6.19. The maximum absolute atomic E-state index is 11.3. The zero-order valence-corrected chi connectivity index (χ0v) is 13.6. The highest BCUT2D eigenvalue weighted by Gasteiger charge is 2.16. The fourth-order valence-corrected chi connectivity index (χ4v) is 2.77. The summed E-state index contributed by atoms with van der Waals surface area (Å²) in [6, 6.07) is 12.1. The Labute approximate surface area is 135 Å². The number of imidazole rings is 1. The zero-order chi connectivity index (χ0) is 16.6. The molecule has 3 aromatic rings. The Hall–Kier alpha value is -2.62. The van der Waals surface area contributed by atoms with Gasteiger partial charge in [-0.1, -0.05) is 38.1 Å². The standard InChI is InChI=1S/C19H20N2O2/c1-12(2)14-4-6-15(7-5-14)19-16(11-18(22)23)21-9-8-13(3)10-17(21)20-19/h4-10,12H,11H2,1-3H3,(H,22,23). The number of benzene rings is 1. The fraction of sp³-hybridized carbons (Fsp3) is 0.263. The van der Waals surface area contributed by atoms with E-state index in [1.54, 1.807) is 0 Å². The maximum atomic E-state index is 11.3. The van der Waals surface area contributed by atoms with Crippen LogP contribution >= 0.6 is 0 Å². The van der Waals surface area contributed by atoms with Gasteiger partial charge < -0.3 is 9.51 Å². The zero-order valence-electron chi connectivity index (χ0n) is 13.6. The predicted octanol–water partition coefficient (Wildman–Crippen LogP) is 4.06. The van der Waals surface area contributed by atoms with Crippen LogP contribution < -0.4 is 0 Å². The number of carboxylic acid groups (broad SMARTS) is 1. The fourth-order valence-electron chi connectivity index (χ4n) is 2.77. The van der Waals surface area contributed by atoms with Crippen molar-refractivity contribution in [2.75, 3.05) is 0 Å². The lowest BCUT2D eigenvalue weighted by atomic mass is 10.00. The molecule has 0 radical (unpaired) electrons. The molecule has 1 N–H and O–H groups in total. The van der Waals surface area contributed by atoms with E-state index in [0.29, 0.717) is 11.6 Å². The van der Waals surface area contributed by atoms with Crippen LogP contribution in [0.25, 0.3) is 16.9 Å². The predicted molar refractivity (Wildman–Crippen MR) is 90.8 cm³/mol. The Morgan fingerprint density at radius 3 is 2.52 bits per heavy atom. The Morgan fingerprint density at radius 2 is 1.91 bits per heavy atom. The largest absolute Gasteiger partial charge is 0.481 e. The summed E-state index contributed by atoms with van der Waals surface area (Å²) in [6.07, 6.45) is 1.84. The van der Waals surface area contributed by atoms with Crippen LogP contribution in [0.2, 0.25) is 0 Å². The number of hydrogen-bond donors (Lipinski definition) is 1. The van der Waals surface area contributed by atoms with Gasteiger partial charge in [-0.3, -0.25) is 4.79 Å². The monoisotopic (exact) mass is 308 g/mol. The number of fused-ring (bicyclic) bond motifs is 1. The van der Waals surface area contributed by atoms with Crippen molar-refractivity contribution in [3.05, 3.63) is 59.4 Å². The van der Waals surface area contributed by atoms with E-state index >= 15 is 0 Å². The molecule has 1 aromatic carbocycles. The lowest BCUT2D eigenvalue weighted by Gasteiger charge is -2.07. The number of pyridine rings is 1. The van der Waals surface area contributed by atoms with Gasteiger partial charge in [0.15, 0.2) is 0 Å². The normalized spacial score (nSPS) is 11.3. The lowest BCUT2D eigenvalue weighted by Crippen LogP contribution is -2.04. The highest BCUT2D eigenvalue weighted by Crippen LogP contribution is 2.27. The first-order chi connectivity index (χ1) is 11.0. The summed E-state index contributed by atoms with van der Waals surface area (Å²) in [6.45, 7) is 6.31. The van der Waals surface area contributed by atoms with Gasteiger partial charge in [0.05, 0.1) is 17.8 Å². The van der Waals surface area contributed by atoms with Crippen molar-refractivity contribution in [2.45, 2.75) is 33.1 Å². The van der Waals surface area contributed by atoms with Crippen molar-refractivity contribution in [2.24, 2.45) is 0 Å². The third-order valence-electron chi connectivity index (χ3n) is 4.05. The molecule has 4 heteroatoms. The maximum Gasteiger partial charge on any atom is 0.309 e. The number of carboxylic acids is 1. The van der Waals surface area contributed by atoms with Gasteiger partial charge in [-0.05, 0) is 36.1 Å². The van der Waals surface area contributed by atoms with Crippen LogP contribution in [-0.4, -0.2) is 20.5 Å². The van der Waals surface area contributed by atoms with Crippen LogP contribution in [0, 0.1) is 6.92 Å². The van der Waals surface area contributed by atoms with Gasteiger partial charge in [0.1, 0.15) is 5.65 Å². The van der Waals surface area contributed by atoms with Crippen LogP contribution in [0.5, 0.6) is 0 Å². The van der Waals surface area contributed by atoms with Gasteiger partial charge in [-0.25, -0.2) is 4.98 Å². The quantitative estimate of drug-likeness (QED) is 0.790. The molecule has 0 unspecified atom stereocenters. The Bertz CT molecular complexity index is 861. The molecule has 0 amide bonds. The minimum absolute atomic E-state index is 0.0501. The van der Waals surface area contributed by atoms with Crippen LogP contribution in [0.15, 0.2) is 42.6 Å². The van der Waals surface area contributed by atoms with Crippen molar-refractivity contribution in [3.8, 4) is 11.3 Å². The number of carbonyl (C=O) groups is 1. The summed E-state index contributed by atoms with van der Waals surface area (Å²) in [7, 11) is 0. The molecule has 0 saturated carbocycles. The molecule has 118 valence electrons. The first-order valence-corrected chi connectivity index (χ1v) is 7.75. The summed E-state index contributed by atoms with van der Waals surface area (Å²) in [5.41, 5.74) is 5.55. The molecular weight excluding hydrogens is 288 g/mol. The number of nitrogens with zero attached hydrogens (tertiary/aromatic N) is 2. The van der Waals surface area contributed by atoms with E-state index in [4.69, 9.17) is 0 Å². The Morgan fingerprint density at radius 1 is 1.22 bits per heavy atom. The molecule has 2 heterocycles. The minimum Gasteiger partial charge on any atom is -0.481 e. The molecule has 23 heavy (non-hydrogen) atoms. The summed E-state index contributed by atoms with van der Waals surface area (Å²) >= 11 is 0. The molecular formula is C19H20N2O2. The van der Waals surface area contributed by atoms with Crippen LogP contribution in [-0.2, 0) is 11.2 Å². The molecule has 0 spiro atoms. The lowest BCUT2D eigenvalue weighted by molar-refractivity contribution is -0.136. The summed E-state index contributed by atoms with van der Waals surface area (Å²) in [5, 5.41) is 9.25. The second kappa shape index (κ2) is 5.88. The molecule has 0 bridgehead atoms. The molecule has 0 saturated heterocycles. The van der Waals surface area contributed by atoms with Crippen molar-refractivity contribution in [1.29, 1.82) is 0 Å². The average molecular weight is 308 g/mol. The number of aryl methyl sites for hydroxylation is 1. The van der Waals surface area contributed by atoms with Gasteiger partial charge in [-0.2, -0.15) is 0 Å². The van der Waals surface area contributed by atoms with Crippen LogP contribution in [0.1, 0.15) is 36.6 Å². The second-order valence-corrected chi connectivity index (χ2v) is 6.19. The van der Waals surface area contributed by atoms with E-state index in [2.05, 4.69) is 31.0 Å². The highest BCUT2D eigenvalue weighted by molar-refractivity contribution is 5.76. The van der Waals surface area contributed by atoms with Gasteiger partial charge in [0.25, 0.3) is 0 Å². The molecule has 0 fully saturated rings. The summed E-state index contributed by atoms with van der Waals surface area (Å²) in [5.74, 6) is -0.390. The third kappa shape index (κ3) is 2.97. The van der Waals surface area contributed by atoms with E-state index in [1.807, 2.05) is 41.8 Å². The van der Waals surface area contributed by atoms with E-state index in [1.165, 1.54) is 5.56 Å². The van der Waals surface area contributed by atoms with Gasteiger partial charge in [0, 0.05) is 11.8 Å². The van der Waals surface area contributed by atoms with Crippen LogP contribution in [0.4, 0.5) is 0 Å². The first kappa shape index (κ1) is 15.3. The molecule has 2 aromatic heterocycles. The molecule has 4 nitrogen and oxygen atoms in total. The smallest absolute Gasteiger partial charge is 0.309 e. The SMILES string of the molecule is Cc1ccn2c(CC(=O)O)c(-c3ccc(C(C)C)cc3)nc2c1. The van der Waals surface area contributed by atoms with Crippen LogP contribution in [0.3, 0.4) is 0 Å². The molecule has 3 rings (SSSR count). The van der Waals surface area contributed by atoms with E-state index < -0.39 is 5.97 Å². The molecule has 0 atom stereocenters. The Kier molecular flexibility index (Phi) is 3.90. The molecule has 0 aliphatic heterocycles. The Balaban J connectivity index is 2.16. The highest BCUT2D eigenvalue weighted by atomic mass is 16.4. The van der Waals surface area contributed by atoms with Crippen molar-refractivity contribution in [1.82, 2.24) is 9.38 Å². The first-order valence-electron chi connectivity index (χ1n) is 7.75. The minimum atomic E-state index is -0.854. The van der Waals surface area contributed by atoms with Gasteiger partial charge in [-0.15, -0.1) is 0 Å². The summed E-state index contributed by atoms with van der Waals surface area (Å²) in [4.78, 5) is 15.9. The molecule has 0 aliphatic carbocycles. The number of hydrogen-bond acceptors (Lipinski definition) is 2. The van der Waals surface area contributed by atoms with Crippen molar-refractivity contribution >= 4 is 11.6 Å². The van der Waals surface area contributed by atoms with Crippen molar-refractivity contribution in [3.63, 3.8) is 0 Å². The number of rotatable bonds is 4. The average Bonchev–Trinajstić information content (AvgIpc) is 2.84. The number of aliphatic carboxylic acids is 1. The van der Waals surface area contributed by atoms with E-state index in [0.717, 1.165) is 22.5 Å². The molecule has 0 aliphatic rings. The van der Waals surface area contributed by atoms with E-state index in [9.17, 15) is 9.90 Å². The topological polar surface area (TPSA) is 54.6 Å².